The van der Waals surface area contributed by atoms with E-state index in [4.69, 9.17) is 17.3 Å². The largest absolute Gasteiger partial charge is 0.481 e. The zero-order valence-electron chi connectivity index (χ0n) is 15.5. The molecular weight excluding hydrogens is 435 g/mol. The van der Waals surface area contributed by atoms with Crippen molar-refractivity contribution in [1.82, 2.24) is 4.90 Å². The van der Waals surface area contributed by atoms with Crippen molar-refractivity contribution in [3.63, 3.8) is 0 Å². The number of thiocarbonyl (C=S) groups is 1. The Bertz CT molecular complexity index is 1030. The molecule has 2 aromatic rings. The highest BCUT2D eigenvalue weighted by molar-refractivity contribution is 8.26. The van der Waals surface area contributed by atoms with E-state index < -0.39 is 17.7 Å². The molecule has 30 heavy (non-hydrogen) atoms. The number of aliphatic carboxylic acids is 1. The second-order valence-corrected chi connectivity index (χ2v) is 8.17. The Labute approximate surface area is 180 Å². The van der Waals surface area contributed by atoms with E-state index in [1.165, 1.54) is 11.0 Å². The zero-order valence-corrected chi connectivity index (χ0v) is 17.1. The predicted octanol–water partition coefficient (Wildman–Crippen LogP) is 5.44. The van der Waals surface area contributed by atoms with Gasteiger partial charge in [-0.15, -0.1) is 0 Å². The molecule has 3 rings (SSSR count). The number of benzene rings is 2. The number of halogens is 3. The van der Waals surface area contributed by atoms with Gasteiger partial charge in [0.05, 0.1) is 10.5 Å². The second kappa shape index (κ2) is 9.01. The monoisotopic (exact) mass is 451 g/mol. The van der Waals surface area contributed by atoms with Gasteiger partial charge in [-0.1, -0.05) is 60.4 Å². The third kappa shape index (κ3) is 5.09. The lowest BCUT2D eigenvalue weighted by molar-refractivity contribution is -0.138. The lowest BCUT2D eigenvalue weighted by Gasteiger charge is -2.13. The smallest absolute Gasteiger partial charge is 0.416 e. The van der Waals surface area contributed by atoms with Gasteiger partial charge in [-0.05, 0) is 41.3 Å². The third-order valence-corrected chi connectivity index (χ3v) is 5.77. The first-order valence-electron chi connectivity index (χ1n) is 8.90. The molecule has 1 aliphatic heterocycles. The van der Waals surface area contributed by atoms with Crippen LogP contribution < -0.4 is 0 Å². The van der Waals surface area contributed by atoms with E-state index in [-0.39, 0.29) is 25.3 Å². The minimum atomic E-state index is -4.46. The van der Waals surface area contributed by atoms with E-state index in [0.717, 1.165) is 23.9 Å². The fourth-order valence-corrected chi connectivity index (χ4v) is 4.27. The van der Waals surface area contributed by atoms with Gasteiger partial charge in [0.15, 0.2) is 0 Å². The van der Waals surface area contributed by atoms with Gasteiger partial charge in [-0.2, -0.15) is 13.2 Å². The molecule has 156 valence electrons. The predicted molar refractivity (Wildman–Crippen MR) is 114 cm³/mol. The van der Waals surface area contributed by atoms with Crippen molar-refractivity contribution in [3.8, 4) is 11.1 Å². The number of hydrogen-bond acceptors (Lipinski definition) is 4. The van der Waals surface area contributed by atoms with Crippen molar-refractivity contribution in [3.05, 3.63) is 64.6 Å². The summed E-state index contributed by atoms with van der Waals surface area (Å²) in [6, 6.07) is 11.9. The highest BCUT2D eigenvalue weighted by atomic mass is 32.2. The van der Waals surface area contributed by atoms with Gasteiger partial charge in [0.2, 0.25) is 0 Å². The third-order valence-electron chi connectivity index (χ3n) is 4.39. The highest BCUT2D eigenvalue weighted by Crippen LogP contribution is 2.36. The molecule has 2 aromatic carbocycles. The molecule has 0 saturated carbocycles. The molecule has 1 fully saturated rings. The maximum Gasteiger partial charge on any atom is 0.416 e. The number of hydrogen-bond donors (Lipinski definition) is 1. The molecule has 0 unspecified atom stereocenters. The van der Waals surface area contributed by atoms with Gasteiger partial charge < -0.3 is 5.11 Å². The van der Waals surface area contributed by atoms with Gasteiger partial charge in [0, 0.05) is 13.0 Å². The normalized spacial score (nSPS) is 15.8. The van der Waals surface area contributed by atoms with E-state index in [1.807, 2.05) is 0 Å². The second-order valence-electron chi connectivity index (χ2n) is 6.50. The summed E-state index contributed by atoms with van der Waals surface area (Å²) in [5.74, 6) is -1.29. The summed E-state index contributed by atoms with van der Waals surface area (Å²) in [6.07, 6.45) is -2.65. The number of nitrogens with zero attached hydrogens (tertiary/aromatic N) is 1. The summed E-state index contributed by atoms with van der Waals surface area (Å²) in [4.78, 5) is 25.1. The average molecular weight is 451 g/mol. The quantitative estimate of drug-likeness (QED) is 0.468. The molecule has 4 nitrogen and oxygen atoms in total. The maximum absolute atomic E-state index is 13.1. The first-order chi connectivity index (χ1) is 14.2. The van der Waals surface area contributed by atoms with Gasteiger partial charge in [0.25, 0.3) is 5.91 Å². The number of carbonyl (C=O) groups excluding carboxylic acids is 1. The molecule has 0 bridgehead atoms. The van der Waals surface area contributed by atoms with Crippen LogP contribution in [0, 0.1) is 0 Å². The summed E-state index contributed by atoms with van der Waals surface area (Å²) in [5.41, 5.74) is 0.774. The Hall–Kier alpha value is -2.65. The van der Waals surface area contributed by atoms with E-state index in [9.17, 15) is 22.8 Å². The summed E-state index contributed by atoms with van der Waals surface area (Å²) < 4.78 is 39.6. The van der Waals surface area contributed by atoms with E-state index in [2.05, 4.69) is 0 Å². The van der Waals surface area contributed by atoms with Crippen LogP contribution in [-0.2, 0) is 15.8 Å². The number of rotatable bonds is 6. The van der Waals surface area contributed by atoms with Gasteiger partial charge in [-0.3, -0.25) is 14.5 Å². The van der Waals surface area contributed by atoms with Crippen LogP contribution in [0.15, 0.2) is 53.4 Å². The van der Waals surface area contributed by atoms with E-state index >= 15 is 0 Å². The van der Waals surface area contributed by atoms with Crippen molar-refractivity contribution in [2.45, 2.75) is 19.0 Å². The first-order valence-corrected chi connectivity index (χ1v) is 10.1. The first kappa shape index (κ1) is 22.0. The Kier molecular flexibility index (Phi) is 6.62. The van der Waals surface area contributed by atoms with Crippen LogP contribution in [0.2, 0.25) is 0 Å². The molecule has 1 aliphatic rings. The topological polar surface area (TPSA) is 57.6 Å². The zero-order chi connectivity index (χ0) is 21.9. The number of thioether (sulfide) groups is 1. The lowest BCUT2D eigenvalue weighted by atomic mass is 9.97. The summed E-state index contributed by atoms with van der Waals surface area (Å²) >= 11 is 6.32. The van der Waals surface area contributed by atoms with E-state index in [1.54, 1.807) is 36.4 Å². The molecule has 0 radical (unpaired) electrons. The van der Waals surface area contributed by atoms with Gasteiger partial charge in [0.1, 0.15) is 4.32 Å². The molecule has 1 heterocycles. The van der Waals surface area contributed by atoms with E-state index in [0.29, 0.717) is 25.9 Å². The fourth-order valence-electron chi connectivity index (χ4n) is 2.97. The summed E-state index contributed by atoms with van der Waals surface area (Å²) in [5, 5.41) is 8.75. The maximum atomic E-state index is 13.1. The molecule has 0 atom stereocenters. The molecule has 0 aromatic heterocycles. The van der Waals surface area contributed by atoms with Crippen molar-refractivity contribution in [2.75, 3.05) is 6.54 Å². The molecule has 0 spiro atoms. The van der Waals surface area contributed by atoms with Crippen LogP contribution in [0.5, 0.6) is 0 Å². The molecule has 0 aliphatic carbocycles. The molecular formula is C21H16F3NO3S2. The van der Waals surface area contributed by atoms with Crippen molar-refractivity contribution < 1.29 is 27.9 Å². The lowest BCUT2D eigenvalue weighted by Crippen LogP contribution is -2.29. The Morgan fingerprint density at radius 1 is 1.17 bits per heavy atom. The fraction of sp³-hybridized carbons (Fsp3) is 0.190. The average Bonchev–Trinajstić information content (AvgIpc) is 2.95. The van der Waals surface area contributed by atoms with Crippen LogP contribution in [0.25, 0.3) is 17.2 Å². The highest BCUT2D eigenvalue weighted by Gasteiger charge is 2.32. The summed E-state index contributed by atoms with van der Waals surface area (Å²) in [7, 11) is 0. The summed E-state index contributed by atoms with van der Waals surface area (Å²) in [6.45, 7) is 0.198. The Morgan fingerprint density at radius 3 is 2.60 bits per heavy atom. The van der Waals surface area contributed by atoms with Gasteiger partial charge in [-0.25, -0.2) is 0 Å². The standard InChI is InChI=1S/C21H16F3NO3S2/c22-21(23,24)15-7-3-6-13(11-15)16-8-2-1-5-14(16)12-17-19(28)25(20(29)30-17)10-4-9-18(26)27/h1-3,5-8,11-12H,4,9-10H2,(H,26,27). The number of carboxylic acids is 1. The van der Waals surface area contributed by atoms with Crippen molar-refractivity contribution in [1.29, 1.82) is 0 Å². The molecule has 9 heteroatoms. The molecule has 1 N–H and O–H groups in total. The minimum absolute atomic E-state index is 0.0749. The minimum Gasteiger partial charge on any atom is -0.481 e. The SMILES string of the molecule is O=C(O)CCCN1C(=O)C(=Cc2ccccc2-c2cccc(C(F)(F)F)c2)SC1=S. The van der Waals surface area contributed by atoms with Crippen LogP contribution in [0.4, 0.5) is 13.2 Å². The van der Waals surface area contributed by atoms with Crippen molar-refractivity contribution in [2.24, 2.45) is 0 Å². The Morgan fingerprint density at radius 2 is 1.90 bits per heavy atom. The van der Waals surface area contributed by atoms with Crippen LogP contribution >= 0.6 is 24.0 Å². The van der Waals surface area contributed by atoms with Crippen LogP contribution in [-0.4, -0.2) is 32.7 Å². The number of amides is 1. The Balaban J connectivity index is 1.90. The van der Waals surface area contributed by atoms with Crippen LogP contribution in [0.1, 0.15) is 24.0 Å². The number of carbonyl (C=O) groups is 2. The van der Waals surface area contributed by atoms with Gasteiger partial charge >= 0.3 is 12.1 Å². The van der Waals surface area contributed by atoms with Crippen LogP contribution in [0.3, 0.4) is 0 Å². The number of carboxylic acid groups (broad SMARTS) is 1. The molecule has 1 amide bonds. The molecule has 1 saturated heterocycles. The number of alkyl halides is 3. The van der Waals surface area contributed by atoms with Crippen molar-refractivity contribution >= 4 is 46.3 Å².